The molecule has 10 nitrogen and oxygen atoms in total. The van der Waals surface area contributed by atoms with Gasteiger partial charge in [0.15, 0.2) is 12.3 Å². The topological polar surface area (TPSA) is 119 Å². The molecule has 2 aliphatic heterocycles. The molecule has 224 valence electrons. The Hall–Kier alpha value is -4.09. The van der Waals surface area contributed by atoms with Gasteiger partial charge in [0.25, 0.3) is 11.8 Å². The van der Waals surface area contributed by atoms with Gasteiger partial charge in [-0.25, -0.2) is 14.1 Å². The van der Waals surface area contributed by atoms with Crippen LogP contribution in [-0.4, -0.2) is 63.2 Å². The van der Waals surface area contributed by atoms with Crippen LogP contribution in [-0.2, 0) is 17.8 Å². The fourth-order valence-electron chi connectivity index (χ4n) is 5.96. The summed E-state index contributed by atoms with van der Waals surface area (Å²) in [6.45, 7) is 5.74. The first kappa shape index (κ1) is 29.0. The molecule has 2 amide bonds. The third-order valence-electron chi connectivity index (χ3n) is 8.08. The first-order valence-electron chi connectivity index (χ1n) is 14.4. The van der Waals surface area contributed by atoms with E-state index in [1.807, 2.05) is 10.7 Å². The lowest BCUT2D eigenvalue weighted by Gasteiger charge is -2.30. The predicted octanol–water partition coefficient (Wildman–Crippen LogP) is 4.78. The summed E-state index contributed by atoms with van der Waals surface area (Å²) in [5.41, 5.74) is 9.57. The quantitative estimate of drug-likeness (QED) is 0.322. The second-order valence-corrected chi connectivity index (χ2v) is 12.1. The van der Waals surface area contributed by atoms with E-state index in [4.69, 9.17) is 32.2 Å². The van der Waals surface area contributed by atoms with Crippen LogP contribution in [0.15, 0.2) is 36.7 Å². The molecular formula is C31H33ClFN7O3. The number of ether oxygens (including phenoxy) is 1. The van der Waals surface area contributed by atoms with Crippen LogP contribution >= 0.6 is 11.6 Å². The van der Waals surface area contributed by atoms with E-state index in [0.29, 0.717) is 45.9 Å². The number of pyridine rings is 2. The fourth-order valence-corrected chi connectivity index (χ4v) is 6.10. The summed E-state index contributed by atoms with van der Waals surface area (Å²) in [6.07, 6.45) is 5.55. The summed E-state index contributed by atoms with van der Waals surface area (Å²) in [7, 11) is 2.11. The molecule has 1 aromatic carbocycles. The van der Waals surface area contributed by atoms with Crippen LogP contribution < -0.4 is 15.4 Å². The number of carbonyl (C=O) groups excluding carboxylic acids is 2. The molecule has 6 rings (SSSR count). The predicted molar refractivity (Wildman–Crippen MR) is 162 cm³/mol. The van der Waals surface area contributed by atoms with Crippen molar-refractivity contribution in [3.63, 3.8) is 0 Å². The number of amides is 2. The number of benzene rings is 1. The molecule has 2 aliphatic rings. The SMILES string of the molecule is CC(C)Cc1nc2c(cnn2C2CCN(C)CC2)c(-c2ccc3c(c2)OCC(=O)N3Cc2ncc(Cl)cc2F)c1C(N)=O. The number of hydrogen-bond acceptors (Lipinski definition) is 7. The maximum Gasteiger partial charge on any atom is 0.265 e. The number of rotatable bonds is 7. The molecule has 0 aliphatic carbocycles. The highest BCUT2D eigenvalue weighted by molar-refractivity contribution is 6.30. The van der Waals surface area contributed by atoms with Gasteiger partial charge in [-0.05, 0) is 69.1 Å². The minimum absolute atomic E-state index is 0.0844. The summed E-state index contributed by atoms with van der Waals surface area (Å²) >= 11 is 5.86. The van der Waals surface area contributed by atoms with E-state index in [0.717, 1.165) is 31.3 Å². The van der Waals surface area contributed by atoms with Gasteiger partial charge in [0.05, 0.1) is 46.4 Å². The van der Waals surface area contributed by atoms with E-state index in [9.17, 15) is 14.0 Å². The third-order valence-corrected chi connectivity index (χ3v) is 8.29. The largest absolute Gasteiger partial charge is 0.482 e. The zero-order valence-corrected chi connectivity index (χ0v) is 25.1. The molecular weight excluding hydrogens is 573 g/mol. The smallest absolute Gasteiger partial charge is 0.265 e. The molecule has 5 heterocycles. The summed E-state index contributed by atoms with van der Waals surface area (Å²) in [5, 5.41) is 5.66. The number of aromatic nitrogens is 4. The van der Waals surface area contributed by atoms with Gasteiger partial charge in [-0.1, -0.05) is 31.5 Å². The van der Waals surface area contributed by atoms with E-state index in [2.05, 4.69) is 30.8 Å². The van der Waals surface area contributed by atoms with Gasteiger partial charge in [0.1, 0.15) is 11.6 Å². The third kappa shape index (κ3) is 5.54. The Labute approximate surface area is 253 Å². The van der Waals surface area contributed by atoms with E-state index < -0.39 is 11.7 Å². The number of carbonyl (C=O) groups is 2. The average Bonchev–Trinajstić information content (AvgIpc) is 3.38. The van der Waals surface area contributed by atoms with Crippen molar-refractivity contribution in [3.05, 3.63) is 64.5 Å². The molecule has 0 unspecified atom stereocenters. The second kappa shape index (κ2) is 11.5. The number of nitrogens with zero attached hydrogens (tertiary/aromatic N) is 6. The Morgan fingerprint density at radius 3 is 2.65 bits per heavy atom. The molecule has 0 spiro atoms. The molecule has 0 radical (unpaired) electrons. The van der Waals surface area contributed by atoms with Gasteiger partial charge in [0, 0.05) is 17.1 Å². The van der Waals surface area contributed by atoms with E-state index >= 15 is 0 Å². The van der Waals surface area contributed by atoms with Crippen molar-refractivity contribution in [2.24, 2.45) is 11.7 Å². The minimum Gasteiger partial charge on any atom is -0.482 e. The van der Waals surface area contributed by atoms with Gasteiger partial charge >= 0.3 is 0 Å². The number of nitrogens with two attached hydrogens (primary N) is 1. The molecule has 12 heteroatoms. The van der Waals surface area contributed by atoms with E-state index in [1.165, 1.54) is 17.2 Å². The Kier molecular flexibility index (Phi) is 7.78. The number of likely N-dealkylation sites (tertiary alicyclic amines) is 1. The average molecular weight is 606 g/mol. The van der Waals surface area contributed by atoms with Gasteiger partial charge in [-0.2, -0.15) is 5.10 Å². The summed E-state index contributed by atoms with van der Waals surface area (Å²) in [6, 6.07) is 6.68. The van der Waals surface area contributed by atoms with Crippen LogP contribution in [0.4, 0.5) is 10.1 Å². The van der Waals surface area contributed by atoms with Crippen molar-refractivity contribution in [1.82, 2.24) is 24.6 Å². The van der Waals surface area contributed by atoms with Crippen LogP contribution in [0.5, 0.6) is 5.75 Å². The van der Waals surface area contributed by atoms with Crippen molar-refractivity contribution in [1.29, 1.82) is 0 Å². The maximum absolute atomic E-state index is 14.6. The van der Waals surface area contributed by atoms with Crippen molar-refractivity contribution in [2.75, 3.05) is 31.6 Å². The molecule has 1 saturated heterocycles. The van der Waals surface area contributed by atoms with Crippen LogP contribution in [0.2, 0.25) is 5.02 Å². The molecule has 1 fully saturated rings. The zero-order valence-electron chi connectivity index (χ0n) is 24.3. The monoisotopic (exact) mass is 605 g/mol. The molecule has 2 N–H and O–H groups in total. The van der Waals surface area contributed by atoms with Crippen LogP contribution in [0.1, 0.15) is 54.5 Å². The highest BCUT2D eigenvalue weighted by Gasteiger charge is 2.30. The number of anilines is 1. The molecule has 43 heavy (non-hydrogen) atoms. The summed E-state index contributed by atoms with van der Waals surface area (Å²) < 4.78 is 22.4. The van der Waals surface area contributed by atoms with E-state index in [-0.39, 0.29) is 41.7 Å². The molecule has 4 aromatic rings. The number of piperidine rings is 1. The highest BCUT2D eigenvalue weighted by Crippen LogP contribution is 2.41. The minimum atomic E-state index is -0.602. The summed E-state index contributed by atoms with van der Waals surface area (Å²) in [5.74, 6) is -0.871. The number of primary amides is 1. The number of hydrogen-bond donors (Lipinski definition) is 1. The first-order chi connectivity index (χ1) is 20.6. The van der Waals surface area contributed by atoms with Crippen molar-refractivity contribution in [3.8, 4) is 16.9 Å². The van der Waals surface area contributed by atoms with E-state index in [1.54, 1.807) is 18.3 Å². The number of fused-ring (bicyclic) bond motifs is 2. The standard InChI is InChI=1S/C31H33ClFN7O3/c1-17(2)10-23-29(30(34)42)28(21-14-36-40(31(21)37-23)20-6-8-38(3)9-7-20)18-4-5-25-26(11-18)43-16-27(41)39(25)15-24-22(33)12-19(32)13-35-24/h4-5,11-14,17,20H,6-10,15-16H2,1-3H3,(H2,34,42). The van der Waals surface area contributed by atoms with Gasteiger partial charge < -0.3 is 15.4 Å². The Morgan fingerprint density at radius 1 is 1.19 bits per heavy atom. The Balaban J connectivity index is 1.48. The Bertz CT molecular complexity index is 1730. The molecule has 0 bridgehead atoms. The summed E-state index contributed by atoms with van der Waals surface area (Å²) in [4.78, 5) is 38.7. The van der Waals surface area contributed by atoms with Gasteiger partial charge in [-0.3, -0.25) is 19.5 Å². The van der Waals surface area contributed by atoms with Crippen molar-refractivity contribution >= 4 is 40.1 Å². The second-order valence-electron chi connectivity index (χ2n) is 11.7. The normalized spacial score (nSPS) is 16.1. The van der Waals surface area contributed by atoms with Gasteiger partial charge in [-0.15, -0.1) is 0 Å². The van der Waals surface area contributed by atoms with Crippen LogP contribution in [0.3, 0.4) is 0 Å². The Morgan fingerprint density at radius 2 is 1.95 bits per heavy atom. The lowest BCUT2D eigenvalue weighted by molar-refractivity contribution is -0.121. The molecule has 3 aromatic heterocycles. The van der Waals surface area contributed by atoms with Crippen LogP contribution in [0.25, 0.3) is 22.2 Å². The highest BCUT2D eigenvalue weighted by atomic mass is 35.5. The lowest BCUT2D eigenvalue weighted by Crippen LogP contribution is -2.38. The van der Waals surface area contributed by atoms with Crippen molar-refractivity contribution in [2.45, 2.75) is 45.7 Å². The van der Waals surface area contributed by atoms with Gasteiger partial charge in [0.2, 0.25) is 0 Å². The molecule has 0 atom stereocenters. The lowest BCUT2D eigenvalue weighted by atomic mass is 9.92. The zero-order chi connectivity index (χ0) is 30.4. The fraction of sp³-hybridized carbons (Fsp3) is 0.387. The van der Waals surface area contributed by atoms with Crippen LogP contribution in [0, 0.1) is 11.7 Å². The maximum atomic E-state index is 14.6. The first-order valence-corrected chi connectivity index (χ1v) is 14.7. The van der Waals surface area contributed by atoms with Crippen molar-refractivity contribution < 1.29 is 18.7 Å². The number of halogens is 2. The molecule has 0 saturated carbocycles.